The first-order chi connectivity index (χ1) is 11.9. The van der Waals surface area contributed by atoms with E-state index < -0.39 is 0 Å². The van der Waals surface area contributed by atoms with E-state index in [9.17, 15) is 0 Å². The molecule has 2 unspecified atom stereocenters. The molecule has 5 fully saturated rings. The van der Waals surface area contributed by atoms with Crippen molar-refractivity contribution in [3.8, 4) is 0 Å². The number of nitrogens with two attached hydrogens (primary N) is 2. The van der Waals surface area contributed by atoms with Crippen molar-refractivity contribution < 1.29 is 4.74 Å². The predicted octanol–water partition coefficient (Wildman–Crippen LogP) is 3.14. The molecule has 144 valence electrons. The van der Waals surface area contributed by atoms with E-state index in [1.165, 1.54) is 51.4 Å². The quantitative estimate of drug-likeness (QED) is 0.732. The molecule has 5 aliphatic rings. The highest BCUT2D eigenvalue weighted by Crippen LogP contribution is 2.55. The molecule has 5 N–H and O–H groups in total. The van der Waals surface area contributed by atoms with Crippen molar-refractivity contribution in [3.05, 3.63) is 0 Å². The van der Waals surface area contributed by atoms with Crippen LogP contribution in [0.25, 0.3) is 0 Å². The summed E-state index contributed by atoms with van der Waals surface area (Å²) < 4.78 is 6.81. The number of hydrogen-bond acceptors (Lipinski definition) is 4. The number of rotatable bonds is 3. The molecule has 7 atom stereocenters. The van der Waals surface area contributed by atoms with Crippen LogP contribution in [-0.4, -0.2) is 30.0 Å². The predicted molar refractivity (Wildman–Crippen MR) is 102 cm³/mol. The lowest BCUT2D eigenvalue weighted by atomic mass is 9.58. The van der Waals surface area contributed by atoms with E-state index in [-0.39, 0.29) is 17.4 Å². The molecule has 2 saturated carbocycles. The fourth-order valence-corrected chi connectivity index (χ4v) is 6.86. The lowest BCUT2D eigenvalue weighted by molar-refractivity contribution is -0.268. The van der Waals surface area contributed by atoms with Gasteiger partial charge >= 0.3 is 0 Å². The summed E-state index contributed by atoms with van der Waals surface area (Å²) in [4.78, 5) is 0. The number of nitrogens with one attached hydrogen (secondary N) is 1. The highest BCUT2D eigenvalue weighted by Gasteiger charge is 2.57. The molecule has 0 spiro atoms. The van der Waals surface area contributed by atoms with Crippen molar-refractivity contribution in [1.29, 1.82) is 0 Å². The summed E-state index contributed by atoms with van der Waals surface area (Å²) >= 11 is 0. The van der Waals surface area contributed by atoms with Crippen LogP contribution < -0.4 is 16.8 Å². The SMILES string of the molecule is CC1(C)O[C@@]2([C@@H]3CCC[C@@H](CC4CCC(N)NC4)C3)CC[C@H]1[C@H](N)C2. The zero-order chi connectivity index (χ0) is 17.7. The Hall–Kier alpha value is -0.160. The highest BCUT2D eigenvalue weighted by molar-refractivity contribution is 5.08. The maximum atomic E-state index is 6.81. The van der Waals surface area contributed by atoms with Gasteiger partial charge in [0, 0.05) is 12.0 Å². The summed E-state index contributed by atoms with van der Waals surface area (Å²) in [6, 6.07) is 0.335. The van der Waals surface area contributed by atoms with Gasteiger partial charge in [-0.2, -0.15) is 0 Å². The van der Waals surface area contributed by atoms with E-state index in [0.29, 0.717) is 12.0 Å². The second kappa shape index (κ2) is 6.78. The number of piperidine rings is 1. The van der Waals surface area contributed by atoms with E-state index in [4.69, 9.17) is 16.2 Å². The number of hydrogen-bond donors (Lipinski definition) is 3. The van der Waals surface area contributed by atoms with E-state index in [0.717, 1.165) is 37.1 Å². The largest absolute Gasteiger partial charge is 0.368 e. The van der Waals surface area contributed by atoms with Gasteiger partial charge in [0.05, 0.1) is 17.4 Å². The monoisotopic (exact) mass is 349 g/mol. The molecule has 5 rings (SSSR count). The van der Waals surface area contributed by atoms with Gasteiger partial charge in [-0.25, -0.2) is 0 Å². The minimum atomic E-state index is -0.0354. The third-order valence-electron chi connectivity index (χ3n) is 8.08. The summed E-state index contributed by atoms with van der Waals surface area (Å²) in [5, 5.41) is 3.47. The van der Waals surface area contributed by atoms with Crippen molar-refractivity contribution in [2.75, 3.05) is 6.54 Å². The first kappa shape index (κ1) is 18.2. The van der Waals surface area contributed by atoms with Gasteiger partial charge in [-0.15, -0.1) is 0 Å². The van der Waals surface area contributed by atoms with Crippen LogP contribution >= 0.6 is 0 Å². The highest BCUT2D eigenvalue weighted by atomic mass is 16.5. The molecule has 3 aliphatic heterocycles. The maximum Gasteiger partial charge on any atom is 0.0733 e. The Balaban J connectivity index is 1.40. The van der Waals surface area contributed by atoms with Crippen LogP contribution in [0.5, 0.6) is 0 Å². The molecule has 3 saturated heterocycles. The third kappa shape index (κ3) is 3.52. The van der Waals surface area contributed by atoms with Crippen molar-refractivity contribution >= 4 is 0 Å². The Morgan fingerprint density at radius 2 is 1.88 bits per heavy atom. The van der Waals surface area contributed by atoms with E-state index in [2.05, 4.69) is 19.2 Å². The van der Waals surface area contributed by atoms with E-state index >= 15 is 0 Å². The van der Waals surface area contributed by atoms with Gasteiger partial charge in [-0.05, 0) is 89.5 Å². The molecular formula is C21H39N3O. The van der Waals surface area contributed by atoms with Gasteiger partial charge in [-0.1, -0.05) is 12.8 Å². The van der Waals surface area contributed by atoms with E-state index in [1.54, 1.807) is 0 Å². The molecule has 0 aromatic rings. The standard InChI is InChI=1S/C21H39N3O/c1-20(2)17-8-9-21(25-20,12-18(17)22)16-5-3-4-14(11-16)10-15-6-7-19(23)24-13-15/h14-19,24H,3-13,22-23H2,1-2H3/t14-,15?,16+,17-,18+,19?,21-/m0/s1. The maximum absolute atomic E-state index is 6.81. The van der Waals surface area contributed by atoms with Crippen LogP contribution in [0.2, 0.25) is 0 Å². The van der Waals surface area contributed by atoms with Crippen LogP contribution in [0, 0.1) is 23.7 Å². The average Bonchev–Trinajstić information content (AvgIpc) is 2.56. The van der Waals surface area contributed by atoms with E-state index in [1.807, 2.05) is 0 Å². The van der Waals surface area contributed by atoms with Gasteiger partial charge in [-0.3, -0.25) is 0 Å². The summed E-state index contributed by atoms with van der Waals surface area (Å²) in [7, 11) is 0. The Morgan fingerprint density at radius 3 is 2.56 bits per heavy atom. The van der Waals surface area contributed by atoms with Crippen LogP contribution in [0.1, 0.15) is 78.1 Å². The van der Waals surface area contributed by atoms with Crippen molar-refractivity contribution in [3.63, 3.8) is 0 Å². The lowest BCUT2D eigenvalue weighted by Gasteiger charge is -2.61. The number of fused-ring (bicyclic) bond motifs is 3. The number of ether oxygens (including phenoxy) is 1. The van der Waals surface area contributed by atoms with Crippen molar-refractivity contribution in [2.45, 2.75) is 101 Å². The molecule has 2 aliphatic carbocycles. The van der Waals surface area contributed by atoms with Gasteiger partial charge < -0.3 is 21.5 Å². The molecule has 25 heavy (non-hydrogen) atoms. The molecule has 0 radical (unpaired) electrons. The Bertz CT molecular complexity index is 474. The van der Waals surface area contributed by atoms with Crippen molar-refractivity contribution in [1.82, 2.24) is 5.32 Å². The lowest BCUT2D eigenvalue weighted by Crippen LogP contribution is -2.66. The fourth-order valence-electron chi connectivity index (χ4n) is 6.86. The first-order valence-corrected chi connectivity index (χ1v) is 10.8. The Morgan fingerprint density at radius 1 is 1.04 bits per heavy atom. The summed E-state index contributed by atoms with van der Waals surface area (Å²) in [5.41, 5.74) is 12.6. The zero-order valence-electron chi connectivity index (χ0n) is 16.3. The zero-order valence-corrected chi connectivity index (χ0v) is 16.3. The molecule has 4 heteroatoms. The Kier molecular flexibility index (Phi) is 4.94. The van der Waals surface area contributed by atoms with Crippen LogP contribution in [0.3, 0.4) is 0 Å². The molecular weight excluding hydrogens is 310 g/mol. The summed E-state index contributed by atoms with van der Waals surface area (Å²) in [6.45, 7) is 5.67. The Labute approximate surface area is 153 Å². The van der Waals surface area contributed by atoms with Crippen LogP contribution in [0.4, 0.5) is 0 Å². The van der Waals surface area contributed by atoms with Gasteiger partial charge in [0.15, 0.2) is 0 Å². The normalized spacial score (nSPS) is 49.9. The second-order valence-corrected chi connectivity index (χ2v) is 10.2. The average molecular weight is 350 g/mol. The smallest absolute Gasteiger partial charge is 0.0733 e. The molecule has 4 nitrogen and oxygen atoms in total. The molecule has 2 bridgehead atoms. The topological polar surface area (TPSA) is 73.3 Å². The summed E-state index contributed by atoms with van der Waals surface area (Å²) in [6.07, 6.45) is 13.1. The molecule has 3 heterocycles. The van der Waals surface area contributed by atoms with Crippen molar-refractivity contribution in [2.24, 2.45) is 35.1 Å². The van der Waals surface area contributed by atoms with Crippen LogP contribution in [-0.2, 0) is 4.74 Å². The van der Waals surface area contributed by atoms with Gasteiger partial charge in [0.1, 0.15) is 0 Å². The second-order valence-electron chi connectivity index (χ2n) is 10.2. The molecule has 0 aromatic heterocycles. The van der Waals surface area contributed by atoms with Gasteiger partial charge in [0.25, 0.3) is 0 Å². The molecule has 0 amide bonds. The third-order valence-corrected chi connectivity index (χ3v) is 8.08. The molecule has 0 aromatic carbocycles. The summed E-state index contributed by atoms with van der Waals surface area (Å²) in [5.74, 6) is 2.96. The fraction of sp³-hybridized carbons (Fsp3) is 1.00. The minimum absolute atomic E-state index is 0.0354. The van der Waals surface area contributed by atoms with Crippen LogP contribution in [0.15, 0.2) is 0 Å². The first-order valence-electron chi connectivity index (χ1n) is 10.8. The minimum Gasteiger partial charge on any atom is -0.368 e. The van der Waals surface area contributed by atoms with Gasteiger partial charge in [0.2, 0.25) is 0 Å².